The number of aliphatic hydroxyl groups excluding tert-OH is 1. The quantitative estimate of drug-likeness (QED) is 0.843. The van der Waals surface area contributed by atoms with Crippen molar-refractivity contribution in [1.82, 2.24) is 14.3 Å². The molecule has 2 aromatic rings. The summed E-state index contributed by atoms with van der Waals surface area (Å²) in [6.07, 6.45) is 0.250. The number of aliphatic hydroxyl groups is 1. The number of nitrogens with zero attached hydrogens (tertiary/aromatic N) is 3. The third kappa shape index (κ3) is 2.26. The van der Waals surface area contributed by atoms with E-state index in [1.54, 1.807) is 19.2 Å². The largest absolute Gasteiger partial charge is 0.386 e. The second-order valence-corrected chi connectivity index (χ2v) is 3.74. The lowest BCUT2D eigenvalue weighted by molar-refractivity contribution is 0.145. The first-order valence-electron chi connectivity index (χ1n) is 5.10. The highest BCUT2D eigenvalue weighted by molar-refractivity contribution is 5.19. The van der Waals surface area contributed by atoms with Gasteiger partial charge in [-0.2, -0.15) is 5.10 Å². The van der Waals surface area contributed by atoms with E-state index in [1.165, 1.54) is 23.0 Å². The molecule has 1 N–H and O–H groups in total. The summed E-state index contributed by atoms with van der Waals surface area (Å²) in [6, 6.07) is 5.91. The summed E-state index contributed by atoms with van der Waals surface area (Å²) in [7, 11) is 1.56. The molecule has 1 unspecified atom stereocenters. The van der Waals surface area contributed by atoms with Crippen LogP contribution in [-0.2, 0) is 13.6 Å². The van der Waals surface area contributed by atoms with Crippen molar-refractivity contribution in [1.29, 1.82) is 0 Å². The highest BCUT2D eigenvalue weighted by atomic mass is 19.1. The van der Waals surface area contributed by atoms with Gasteiger partial charge in [0, 0.05) is 12.6 Å². The van der Waals surface area contributed by atoms with Crippen molar-refractivity contribution in [3.63, 3.8) is 0 Å². The molecule has 1 atom stereocenters. The predicted octanol–water partition coefficient (Wildman–Crippen LogP) is 0.454. The van der Waals surface area contributed by atoms with E-state index in [0.717, 1.165) is 4.68 Å². The van der Waals surface area contributed by atoms with Crippen molar-refractivity contribution in [2.24, 2.45) is 7.05 Å². The number of hydrogen-bond donors (Lipinski definition) is 1. The number of halogens is 1. The summed E-state index contributed by atoms with van der Waals surface area (Å²) in [5, 5.41) is 13.6. The van der Waals surface area contributed by atoms with Gasteiger partial charge < -0.3 is 5.11 Å². The Bertz CT molecular complexity index is 576. The number of hydrogen-bond acceptors (Lipinski definition) is 3. The molecule has 0 saturated carbocycles. The SMILES string of the molecule is Cn1cnn(CC(O)c2ccccc2F)c1=O. The lowest BCUT2D eigenvalue weighted by Gasteiger charge is -2.10. The fourth-order valence-electron chi connectivity index (χ4n) is 1.55. The lowest BCUT2D eigenvalue weighted by atomic mass is 10.1. The van der Waals surface area contributed by atoms with Crippen LogP contribution in [0.5, 0.6) is 0 Å². The van der Waals surface area contributed by atoms with Crippen LogP contribution in [0.25, 0.3) is 0 Å². The second kappa shape index (κ2) is 4.50. The van der Waals surface area contributed by atoms with Gasteiger partial charge in [0.05, 0.1) is 6.54 Å². The van der Waals surface area contributed by atoms with Crippen molar-refractivity contribution in [2.45, 2.75) is 12.6 Å². The van der Waals surface area contributed by atoms with Gasteiger partial charge in [-0.3, -0.25) is 4.57 Å². The summed E-state index contributed by atoms with van der Waals surface area (Å²) >= 11 is 0. The Balaban J connectivity index is 2.23. The highest BCUT2D eigenvalue weighted by Gasteiger charge is 2.14. The van der Waals surface area contributed by atoms with Gasteiger partial charge in [0.1, 0.15) is 18.2 Å². The standard InChI is InChI=1S/C11H12FN3O2/c1-14-7-13-15(11(14)17)6-10(16)8-4-2-3-5-9(8)12/h2-5,7,10,16H,6H2,1H3. The molecule has 0 fully saturated rings. The molecule has 6 heteroatoms. The number of benzene rings is 1. The predicted molar refractivity (Wildman–Crippen MR) is 58.8 cm³/mol. The molecule has 0 spiro atoms. The molecule has 0 saturated heterocycles. The molecule has 0 radical (unpaired) electrons. The fourth-order valence-corrected chi connectivity index (χ4v) is 1.55. The van der Waals surface area contributed by atoms with Crippen molar-refractivity contribution < 1.29 is 9.50 Å². The average molecular weight is 237 g/mol. The van der Waals surface area contributed by atoms with Crippen LogP contribution in [0.4, 0.5) is 4.39 Å². The van der Waals surface area contributed by atoms with Gasteiger partial charge in [-0.05, 0) is 6.07 Å². The number of rotatable bonds is 3. The first-order valence-corrected chi connectivity index (χ1v) is 5.10. The van der Waals surface area contributed by atoms with Gasteiger partial charge >= 0.3 is 5.69 Å². The Morgan fingerprint density at radius 2 is 2.18 bits per heavy atom. The molecule has 0 aliphatic rings. The molecule has 2 rings (SSSR count). The van der Waals surface area contributed by atoms with Gasteiger partial charge in [-0.25, -0.2) is 13.9 Å². The normalized spacial score (nSPS) is 12.6. The summed E-state index contributed by atoms with van der Waals surface area (Å²) in [6.45, 7) is -0.0688. The minimum atomic E-state index is -1.09. The Morgan fingerprint density at radius 3 is 2.76 bits per heavy atom. The third-order valence-electron chi connectivity index (χ3n) is 2.50. The first-order chi connectivity index (χ1) is 8.09. The molecule has 90 valence electrons. The third-order valence-corrected chi connectivity index (χ3v) is 2.50. The molecule has 1 heterocycles. The van der Waals surface area contributed by atoms with Crippen molar-refractivity contribution >= 4 is 0 Å². The van der Waals surface area contributed by atoms with Gasteiger partial charge in [0.25, 0.3) is 0 Å². The van der Waals surface area contributed by atoms with E-state index in [0.29, 0.717) is 0 Å². The monoisotopic (exact) mass is 237 g/mol. The molecule has 0 amide bonds. The molecule has 0 bridgehead atoms. The van der Waals surface area contributed by atoms with Gasteiger partial charge in [-0.1, -0.05) is 18.2 Å². The Hall–Kier alpha value is -1.95. The van der Waals surface area contributed by atoms with Crippen LogP contribution < -0.4 is 5.69 Å². The van der Waals surface area contributed by atoms with Crippen LogP contribution in [0.1, 0.15) is 11.7 Å². The molecule has 0 aliphatic carbocycles. The van der Waals surface area contributed by atoms with Crippen LogP contribution in [-0.4, -0.2) is 19.5 Å². The van der Waals surface area contributed by atoms with E-state index >= 15 is 0 Å². The van der Waals surface area contributed by atoms with Gasteiger partial charge in [0.2, 0.25) is 0 Å². The molecule has 1 aromatic carbocycles. The van der Waals surface area contributed by atoms with Crippen LogP contribution >= 0.6 is 0 Å². The van der Waals surface area contributed by atoms with E-state index in [-0.39, 0.29) is 17.8 Å². The highest BCUT2D eigenvalue weighted by Crippen LogP contribution is 2.17. The van der Waals surface area contributed by atoms with Crippen molar-refractivity contribution in [3.05, 3.63) is 52.5 Å². The summed E-state index contributed by atoms with van der Waals surface area (Å²) in [4.78, 5) is 11.5. The fraction of sp³-hybridized carbons (Fsp3) is 0.273. The molecule has 1 aromatic heterocycles. The minimum absolute atomic E-state index is 0.0688. The Labute approximate surface area is 96.7 Å². The zero-order valence-corrected chi connectivity index (χ0v) is 9.25. The smallest absolute Gasteiger partial charge is 0.345 e. The van der Waals surface area contributed by atoms with E-state index < -0.39 is 11.9 Å². The van der Waals surface area contributed by atoms with Gasteiger partial charge in [-0.15, -0.1) is 0 Å². The average Bonchev–Trinajstić information content (AvgIpc) is 2.61. The van der Waals surface area contributed by atoms with Crippen LogP contribution in [0.3, 0.4) is 0 Å². The number of aromatic nitrogens is 3. The van der Waals surface area contributed by atoms with Crippen molar-refractivity contribution in [3.8, 4) is 0 Å². The maximum absolute atomic E-state index is 13.4. The number of aryl methyl sites for hydroxylation is 1. The van der Waals surface area contributed by atoms with Gasteiger partial charge in [0.15, 0.2) is 0 Å². The van der Waals surface area contributed by atoms with Crippen LogP contribution in [0.2, 0.25) is 0 Å². The van der Waals surface area contributed by atoms with Crippen LogP contribution in [0, 0.1) is 5.82 Å². The van der Waals surface area contributed by atoms with Crippen molar-refractivity contribution in [2.75, 3.05) is 0 Å². The molecule has 17 heavy (non-hydrogen) atoms. The summed E-state index contributed by atoms with van der Waals surface area (Å²) < 4.78 is 15.8. The van der Waals surface area contributed by atoms with E-state index in [2.05, 4.69) is 5.10 Å². The molecule has 0 aliphatic heterocycles. The zero-order chi connectivity index (χ0) is 12.4. The molecular formula is C11H12FN3O2. The van der Waals surface area contributed by atoms with Crippen LogP contribution in [0.15, 0.2) is 35.4 Å². The minimum Gasteiger partial charge on any atom is -0.386 e. The topological polar surface area (TPSA) is 60.1 Å². The maximum atomic E-state index is 13.4. The summed E-state index contributed by atoms with van der Waals surface area (Å²) in [5.41, 5.74) is -0.189. The van der Waals surface area contributed by atoms with E-state index in [1.807, 2.05) is 0 Å². The van der Waals surface area contributed by atoms with E-state index in [9.17, 15) is 14.3 Å². The lowest BCUT2D eigenvalue weighted by Crippen LogP contribution is -2.25. The van der Waals surface area contributed by atoms with E-state index in [4.69, 9.17) is 0 Å². The first kappa shape index (κ1) is 11.5. The molecular weight excluding hydrogens is 225 g/mol. The zero-order valence-electron chi connectivity index (χ0n) is 9.25. The maximum Gasteiger partial charge on any atom is 0.345 e. The summed E-state index contributed by atoms with van der Waals surface area (Å²) in [5.74, 6) is -0.496. The second-order valence-electron chi connectivity index (χ2n) is 3.74. The Morgan fingerprint density at radius 1 is 1.47 bits per heavy atom. The molecule has 5 nitrogen and oxygen atoms in total. The Kier molecular flexibility index (Phi) is 3.06.